The SMILES string of the molecule is CCCCN(Cc1cccn1Cc1ccc(Br)cc1)C(=O)CN(CC(C)C)C(=O)c1ccc(CC)cc1. The number of nitrogens with zero attached hydrogens (tertiary/aromatic N) is 3. The number of amides is 2. The molecule has 0 aliphatic heterocycles. The molecular weight excluding hydrogens is 526 g/mol. The highest BCUT2D eigenvalue weighted by Crippen LogP contribution is 2.16. The number of carbonyl (C=O) groups excluding carboxylic acids is 2. The maximum absolute atomic E-state index is 13.6. The average Bonchev–Trinajstić information content (AvgIpc) is 3.33. The van der Waals surface area contributed by atoms with Gasteiger partial charge in [-0.15, -0.1) is 0 Å². The molecule has 6 heteroatoms. The minimum Gasteiger partial charge on any atom is -0.345 e. The zero-order chi connectivity index (χ0) is 26.8. The van der Waals surface area contributed by atoms with Crippen molar-refractivity contribution in [3.63, 3.8) is 0 Å². The van der Waals surface area contributed by atoms with E-state index < -0.39 is 0 Å². The Morgan fingerprint density at radius 3 is 2.22 bits per heavy atom. The Balaban J connectivity index is 1.76. The fourth-order valence-corrected chi connectivity index (χ4v) is 4.62. The van der Waals surface area contributed by atoms with Crippen LogP contribution in [-0.4, -0.2) is 45.8 Å². The van der Waals surface area contributed by atoms with Crippen LogP contribution < -0.4 is 0 Å². The first kappa shape index (κ1) is 28.7. The van der Waals surface area contributed by atoms with Gasteiger partial charge in [-0.25, -0.2) is 0 Å². The van der Waals surface area contributed by atoms with Gasteiger partial charge in [0.2, 0.25) is 5.91 Å². The van der Waals surface area contributed by atoms with E-state index >= 15 is 0 Å². The number of rotatable bonds is 13. The second-order valence-corrected chi connectivity index (χ2v) is 11.0. The molecule has 37 heavy (non-hydrogen) atoms. The minimum absolute atomic E-state index is 0.0102. The van der Waals surface area contributed by atoms with Crippen molar-refractivity contribution in [1.29, 1.82) is 0 Å². The number of halogens is 1. The molecule has 0 radical (unpaired) electrons. The largest absolute Gasteiger partial charge is 0.345 e. The van der Waals surface area contributed by atoms with Gasteiger partial charge in [-0.2, -0.15) is 0 Å². The molecule has 1 heterocycles. The maximum Gasteiger partial charge on any atom is 0.254 e. The van der Waals surface area contributed by atoms with Gasteiger partial charge in [0.15, 0.2) is 0 Å². The van der Waals surface area contributed by atoms with Gasteiger partial charge in [0, 0.05) is 41.6 Å². The third kappa shape index (κ3) is 8.60. The van der Waals surface area contributed by atoms with Gasteiger partial charge in [-0.1, -0.05) is 74.3 Å². The van der Waals surface area contributed by atoms with Gasteiger partial charge in [0.25, 0.3) is 5.91 Å². The topological polar surface area (TPSA) is 45.6 Å². The molecule has 0 aliphatic rings. The molecule has 0 aliphatic carbocycles. The summed E-state index contributed by atoms with van der Waals surface area (Å²) >= 11 is 3.50. The smallest absolute Gasteiger partial charge is 0.254 e. The van der Waals surface area contributed by atoms with E-state index in [1.807, 2.05) is 47.4 Å². The maximum atomic E-state index is 13.6. The molecule has 0 fully saturated rings. The van der Waals surface area contributed by atoms with E-state index in [9.17, 15) is 9.59 Å². The second-order valence-electron chi connectivity index (χ2n) is 10.1. The van der Waals surface area contributed by atoms with Crippen LogP contribution in [0.2, 0.25) is 0 Å². The van der Waals surface area contributed by atoms with Crippen LogP contribution in [0.1, 0.15) is 67.7 Å². The fourth-order valence-electron chi connectivity index (χ4n) is 4.36. The molecule has 3 aromatic rings. The zero-order valence-corrected chi connectivity index (χ0v) is 24.2. The number of hydrogen-bond donors (Lipinski definition) is 0. The first-order valence-corrected chi connectivity index (χ1v) is 14.1. The lowest BCUT2D eigenvalue weighted by Crippen LogP contribution is -2.44. The third-order valence-corrected chi connectivity index (χ3v) is 7.01. The van der Waals surface area contributed by atoms with Crippen molar-refractivity contribution in [2.75, 3.05) is 19.6 Å². The molecule has 5 nitrogen and oxygen atoms in total. The van der Waals surface area contributed by atoms with Crippen LogP contribution in [-0.2, 0) is 24.3 Å². The Bertz CT molecular complexity index is 1140. The monoisotopic (exact) mass is 565 g/mol. The quantitative estimate of drug-likeness (QED) is 0.229. The highest BCUT2D eigenvalue weighted by atomic mass is 79.9. The van der Waals surface area contributed by atoms with E-state index in [4.69, 9.17) is 0 Å². The predicted molar refractivity (Wildman–Crippen MR) is 155 cm³/mol. The van der Waals surface area contributed by atoms with Crippen LogP contribution in [0.5, 0.6) is 0 Å². The summed E-state index contributed by atoms with van der Waals surface area (Å²) in [5, 5.41) is 0. The summed E-state index contributed by atoms with van der Waals surface area (Å²) in [6, 6.07) is 20.2. The minimum atomic E-state index is -0.0845. The third-order valence-electron chi connectivity index (χ3n) is 6.48. The molecule has 0 unspecified atom stereocenters. The van der Waals surface area contributed by atoms with E-state index in [1.54, 1.807) is 4.90 Å². The molecule has 0 saturated heterocycles. The number of carbonyl (C=O) groups is 2. The standard InChI is InChI=1S/C31H40BrN3O2/c1-5-7-18-34(22-29-9-8-19-33(29)21-26-12-16-28(32)17-13-26)30(36)23-35(20-24(3)4)31(37)27-14-10-25(6-2)11-15-27/h8-17,19,24H,5-7,18,20-23H2,1-4H3. The fraction of sp³-hybridized carbons (Fsp3) is 0.419. The van der Waals surface area contributed by atoms with Crippen molar-refractivity contribution in [3.05, 3.63) is 93.7 Å². The summed E-state index contributed by atoms with van der Waals surface area (Å²) in [4.78, 5) is 30.7. The molecule has 0 atom stereocenters. The van der Waals surface area contributed by atoms with Crippen molar-refractivity contribution in [3.8, 4) is 0 Å². The average molecular weight is 567 g/mol. The molecule has 1 aromatic heterocycles. The summed E-state index contributed by atoms with van der Waals surface area (Å²) in [6.07, 6.45) is 4.92. The van der Waals surface area contributed by atoms with Gasteiger partial charge in [0.1, 0.15) is 6.54 Å². The molecule has 0 spiro atoms. The first-order chi connectivity index (χ1) is 17.8. The van der Waals surface area contributed by atoms with Gasteiger partial charge in [0.05, 0.1) is 6.54 Å². The first-order valence-electron chi connectivity index (χ1n) is 13.3. The second kappa shape index (κ2) is 14.2. The highest BCUT2D eigenvalue weighted by molar-refractivity contribution is 9.10. The lowest BCUT2D eigenvalue weighted by Gasteiger charge is -2.29. The lowest BCUT2D eigenvalue weighted by molar-refractivity contribution is -0.132. The summed E-state index contributed by atoms with van der Waals surface area (Å²) in [5.74, 6) is 0.168. The molecule has 0 bridgehead atoms. The van der Waals surface area contributed by atoms with Crippen LogP contribution in [0.3, 0.4) is 0 Å². The van der Waals surface area contributed by atoms with Crippen LogP contribution >= 0.6 is 15.9 Å². The number of unbranched alkanes of at least 4 members (excludes halogenated alkanes) is 1. The van der Waals surface area contributed by atoms with Gasteiger partial charge < -0.3 is 14.4 Å². The number of aromatic nitrogens is 1. The Morgan fingerprint density at radius 2 is 1.59 bits per heavy atom. The van der Waals surface area contributed by atoms with Gasteiger partial charge in [-0.3, -0.25) is 9.59 Å². The molecular formula is C31H40BrN3O2. The number of aryl methyl sites for hydroxylation is 1. The lowest BCUT2D eigenvalue weighted by atomic mass is 10.1. The number of benzene rings is 2. The van der Waals surface area contributed by atoms with Crippen LogP contribution in [0, 0.1) is 5.92 Å². The van der Waals surface area contributed by atoms with E-state index in [-0.39, 0.29) is 24.3 Å². The molecule has 198 valence electrons. The van der Waals surface area contributed by atoms with Crippen molar-refractivity contribution in [2.45, 2.75) is 60.0 Å². The molecule has 0 N–H and O–H groups in total. The van der Waals surface area contributed by atoms with Crippen molar-refractivity contribution in [1.82, 2.24) is 14.4 Å². The summed E-state index contributed by atoms with van der Waals surface area (Å²) in [7, 11) is 0. The Hall–Kier alpha value is -2.86. The highest BCUT2D eigenvalue weighted by Gasteiger charge is 2.24. The Kier molecular flexibility index (Phi) is 11.0. The van der Waals surface area contributed by atoms with E-state index in [2.05, 4.69) is 72.6 Å². The molecule has 2 amide bonds. The summed E-state index contributed by atoms with van der Waals surface area (Å²) < 4.78 is 3.25. The van der Waals surface area contributed by atoms with Crippen LogP contribution in [0.25, 0.3) is 0 Å². The van der Waals surface area contributed by atoms with E-state index in [0.717, 1.165) is 36.0 Å². The Morgan fingerprint density at radius 1 is 0.919 bits per heavy atom. The summed E-state index contributed by atoms with van der Waals surface area (Å²) in [6.45, 7) is 11.0. The Labute approximate surface area is 230 Å². The van der Waals surface area contributed by atoms with Gasteiger partial charge in [-0.05, 0) is 66.3 Å². The number of hydrogen-bond acceptors (Lipinski definition) is 2. The molecule has 3 rings (SSSR count). The molecule has 2 aromatic carbocycles. The van der Waals surface area contributed by atoms with Crippen LogP contribution in [0.4, 0.5) is 0 Å². The van der Waals surface area contributed by atoms with Gasteiger partial charge >= 0.3 is 0 Å². The predicted octanol–water partition coefficient (Wildman–Crippen LogP) is 6.79. The normalized spacial score (nSPS) is 11.1. The van der Waals surface area contributed by atoms with E-state index in [1.165, 1.54) is 11.1 Å². The molecule has 0 saturated carbocycles. The summed E-state index contributed by atoms with van der Waals surface area (Å²) in [5.41, 5.74) is 4.12. The van der Waals surface area contributed by atoms with Crippen molar-refractivity contribution < 1.29 is 9.59 Å². The van der Waals surface area contributed by atoms with E-state index in [0.29, 0.717) is 25.2 Å². The van der Waals surface area contributed by atoms with Crippen molar-refractivity contribution in [2.24, 2.45) is 5.92 Å². The zero-order valence-electron chi connectivity index (χ0n) is 22.6. The van der Waals surface area contributed by atoms with Crippen molar-refractivity contribution >= 4 is 27.7 Å². The van der Waals surface area contributed by atoms with Crippen LogP contribution in [0.15, 0.2) is 71.3 Å².